The third-order valence-corrected chi connectivity index (χ3v) is 3.13. The summed E-state index contributed by atoms with van der Waals surface area (Å²) < 4.78 is 39.6. The summed E-state index contributed by atoms with van der Waals surface area (Å²) in [6.45, 7) is 0. The third-order valence-electron chi connectivity index (χ3n) is 3.13. The molecule has 2 aromatic heterocycles. The van der Waals surface area contributed by atoms with Crippen LogP contribution >= 0.6 is 0 Å². The summed E-state index contributed by atoms with van der Waals surface area (Å²) in [6, 6.07) is 9.30. The number of carbonyl (C=O) groups is 1. The Morgan fingerprint density at radius 1 is 1.14 bits per heavy atom. The van der Waals surface area contributed by atoms with Crippen molar-refractivity contribution in [3.8, 4) is 11.3 Å². The van der Waals surface area contributed by atoms with Crippen molar-refractivity contribution >= 4 is 11.5 Å². The number of benzene rings is 1. The van der Waals surface area contributed by atoms with Gasteiger partial charge in [0.05, 0.1) is 11.3 Å². The second-order valence-corrected chi connectivity index (χ2v) is 4.53. The number of halogens is 3. The number of carboxylic acids is 1. The van der Waals surface area contributed by atoms with E-state index < -0.39 is 17.7 Å². The molecule has 8 heteroatoms. The van der Waals surface area contributed by atoms with E-state index in [-0.39, 0.29) is 16.8 Å². The molecule has 2 heterocycles. The van der Waals surface area contributed by atoms with Crippen LogP contribution in [-0.2, 0) is 6.18 Å². The maximum Gasteiger partial charge on any atom is 0.416 e. The number of aromatic nitrogens is 3. The van der Waals surface area contributed by atoms with E-state index in [0.717, 1.165) is 12.1 Å². The van der Waals surface area contributed by atoms with E-state index in [4.69, 9.17) is 5.11 Å². The number of nitrogens with zero attached hydrogens (tertiary/aromatic N) is 3. The number of hydrogen-bond donors (Lipinski definition) is 1. The van der Waals surface area contributed by atoms with E-state index in [0.29, 0.717) is 5.69 Å². The quantitative estimate of drug-likeness (QED) is 0.790. The molecule has 112 valence electrons. The Morgan fingerprint density at radius 2 is 1.86 bits per heavy atom. The highest BCUT2D eigenvalue weighted by atomic mass is 19.4. The molecule has 3 rings (SSSR count). The Kier molecular flexibility index (Phi) is 3.09. The number of pyridine rings is 1. The molecule has 3 aromatic rings. The highest BCUT2D eigenvalue weighted by molar-refractivity contribution is 5.93. The summed E-state index contributed by atoms with van der Waals surface area (Å²) in [6.07, 6.45) is -4.46. The lowest BCUT2D eigenvalue weighted by Gasteiger charge is -2.09. The molecule has 5 nitrogen and oxygen atoms in total. The van der Waals surface area contributed by atoms with Crippen LogP contribution in [0.1, 0.15) is 16.1 Å². The molecule has 1 N–H and O–H groups in total. The van der Waals surface area contributed by atoms with Gasteiger partial charge in [0, 0.05) is 5.56 Å². The lowest BCUT2D eigenvalue weighted by molar-refractivity contribution is -0.137. The summed E-state index contributed by atoms with van der Waals surface area (Å²) in [7, 11) is 0. The van der Waals surface area contributed by atoms with Crippen LogP contribution in [0, 0.1) is 0 Å². The average Bonchev–Trinajstić information content (AvgIpc) is 2.90. The zero-order chi connectivity index (χ0) is 15.9. The van der Waals surface area contributed by atoms with Crippen molar-refractivity contribution in [1.82, 2.24) is 14.8 Å². The van der Waals surface area contributed by atoms with Crippen LogP contribution in [0.3, 0.4) is 0 Å². The zero-order valence-electron chi connectivity index (χ0n) is 10.9. The topological polar surface area (TPSA) is 67.5 Å². The largest absolute Gasteiger partial charge is 0.476 e. The van der Waals surface area contributed by atoms with Crippen LogP contribution < -0.4 is 0 Å². The average molecular weight is 307 g/mol. The van der Waals surface area contributed by atoms with Crippen molar-refractivity contribution < 1.29 is 23.1 Å². The Balaban J connectivity index is 2.21. The molecule has 1 aromatic carbocycles. The molecular weight excluding hydrogens is 299 g/mol. The number of aromatic carboxylic acids is 1. The lowest BCUT2D eigenvalue weighted by Crippen LogP contribution is -2.05. The minimum atomic E-state index is -4.46. The maximum absolute atomic E-state index is 12.8. The number of alkyl halides is 3. The second-order valence-electron chi connectivity index (χ2n) is 4.53. The molecule has 0 atom stereocenters. The summed E-state index contributed by atoms with van der Waals surface area (Å²) in [5.41, 5.74) is -0.248. The normalized spacial score (nSPS) is 11.8. The summed E-state index contributed by atoms with van der Waals surface area (Å²) in [5, 5.41) is 16.3. The van der Waals surface area contributed by atoms with Gasteiger partial charge in [-0.2, -0.15) is 13.2 Å². The van der Waals surface area contributed by atoms with Crippen LogP contribution in [-0.4, -0.2) is 25.9 Å². The molecule has 0 bridgehead atoms. The molecule has 0 aliphatic carbocycles. The second kappa shape index (κ2) is 4.83. The van der Waals surface area contributed by atoms with Crippen molar-refractivity contribution in [2.75, 3.05) is 0 Å². The van der Waals surface area contributed by atoms with Crippen molar-refractivity contribution in [1.29, 1.82) is 0 Å². The first-order valence-corrected chi connectivity index (χ1v) is 6.13. The first-order chi connectivity index (χ1) is 10.4. The van der Waals surface area contributed by atoms with Crippen LogP contribution in [0.4, 0.5) is 13.2 Å². The number of fused-ring (bicyclic) bond motifs is 1. The molecule has 0 radical (unpaired) electrons. The van der Waals surface area contributed by atoms with Crippen LogP contribution in [0.15, 0.2) is 42.5 Å². The van der Waals surface area contributed by atoms with Gasteiger partial charge in [-0.05, 0) is 24.3 Å². The molecule has 0 spiro atoms. The molecule has 0 fully saturated rings. The highest BCUT2D eigenvalue weighted by Gasteiger charge is 2.30. The van der Waals surface area contributed by atoms with Gasteiger partial charge in [-0.1, -0.05) is 23.4 Å². The van der Waals surface area contributed by atoms with Crippen LogP contribution in [0.25, 0.3) is 16.8 Å². The standard InChI is InChI=1S/C14H8F3N3O2/c15-14(16,17)9-4-1-3-8(7-9)10-5-2-6-11-12(13(21)22)18-19-20(10)11/h1-7H,(H,21,22). The van der Waals surface area contributed by atoms with E-state index in [1.165, 1.54) is 22.7 Å². The molecule has 0 aliphatic rings. The van der Waals surface area contributed by atoms with Crippen LogP contribution in [0.2, 0.25) is 0 Å². The first-order valence-electron chi connectivity index (χ1n) is 6.13. The summed E-state index contributed by atoms with van der Waals surface area (Å²) in [4.78, 5) is 11.0. The van der Waals surface area contributed by atoms with Gasteiger partial charge in [-0.3, -0.25) is 0 Å². The smallest absolute Gasteiger partial charge is 0.416 e. The van der Waals surface area contributed by atoms with Gasteiger partial charge in [-0.15, -0.1) is 5.10 Å². The fourth-order valence-corrected chi connectivity index (χ4v) is 2.14. The third kappa shape index (κ3) is 2.28. The Morgan fingerprint density at radius 3 is 2.55 bits per heavy atom. The molecule has 0 unspecified atom stereocenters. The Bertz CT molecular complexity index is 871. The van der Waals surface area contributed by atoms with Crippen molar-refractivity contribution in [3.05, 3.63) is 53.7 Å². The molecular formula is C14H8F3N3O2. The predicted octanol–water partition coefficient (Wildman–Crippen LogP) is 3.11. The van der Waals surface area contributed by atoms with E-state index in [2.05, 4.69) is 10.3 Å². The lowest BCUT2D eigenvalue weighted by atomic mass is 10.1. The van der Waals surface area contributed by atoms with Gasteiger partial charge in [-0.25, -0.2) is 9.31 Å². The molecule has 0 aliphatic heterocycles. The minimum Gasteiger partial charge on any atom is -0.476 e. The van der Waals surface area contributed by atoms with E-state index >= 15 is 0 Å². The minimum absolute atomic E-state index is 0.211. The summed E-state index contributed by atoms with van der Waals surface area (Å²) in [5.74, 6) is -1.25. The van der Waals surface area contributed by atoms with Crippen molar-refractivity contribution in [2.24, 2.45) is 0 Å². The maximum atomic E-state index is 12.8. The van der Waals surface area contributed by atoms with Gasteiger partial charge >= 0.3 is 12.1 Å². The van der Waals surface area contributed by atoms with Gasteiger partial charge in [0.2, 0.25) is 0 Å². The predicted molar refractivity (Wildman–Crippen MR) is 70.4 cm³/mol. The fraction of sp³-hybridized carbons (Fsp3) is 0.0714. The monoisotopic (exact) mass is 307 g/mol. The number of hydrogen-bond acceptors (Lipinski definition) is 3. The number of rotatable bonds is 2. The van der Waals surface area contributed by atoms with Gasteiger partial charge in [0.25, 0.3) is 0 Å². The van der Waals surface area contributed by atoms with Crippen LogP contribution in [0.5, 0.6) is 0 Å². The Hall–Kier alpha value is -2.90. The molecule has 0 saturated heterocycles. The number of carboxylic acid groups (broad SMARTS) is 1. The van der Waals surface area contributed by atoms with E-state index in [1.54, 1.807) is 12.1 Å². The van der Waals surface area contributed by atoms with Crippen molar-refractivity contribution in [2.45, 2.75) is 6.18 Å². The zero-order valence-corrected chi connectivity index (χ0v) is 10.9. The van der Waals surface area contributed by atoms with Gasteiger partial charge in [0.15, 0.2) is 5.69 Å². The van der Waals surface area contributed by atoms with Crippen molar-refractivity contribution in [3.63, 3.8) is 0 Å². The van der Waals surface area contributed by atoms with E-state index in [1.807, 2.05) is 0 Å². The SMILES string of the molecule is O=C(O)c1nnn2c(-c3cccc(C(F)(F)F)c3)cccc12. The van der Waals surface area contributed by atoms with Gasteiger partial charge < -0.3 is 5.11 Å². The summed E-state index contributed by atoms with van der Waals surface area (Å²) >= 11 is 0. The molecule has 0 amide bonds. The molecule has 22 heavy (non-hydrogen) atoms. The van der Waals surface area contributed by atoms with Gasteiger partial charge in [0.1, 0.15) is 5.52 Å². The molecule has 0 saturated carbocycles. The first kappa shape index (κ1) is 14.1. The Labute approximate surface area is 121 Å². The fourth-order valence-electron chi connectivity index (χ4n) is 2.14. The highest BCUT2D eigenvalue weighted by Crippen LogP contribution is 2.32. The van der Waals surface area contributed by atoms with E-state index in [9.17, 15) is 18.0 Å².